The fourth-order valence-electron chi connectivity index (χ4n) is 2.54. The van der Waals surface area contributed by atoms with Gasteiger partial charge in [0.2, 0.25) is 0 Å². The standard InChI is InChI=1S/C15H16N2O4/c18-13-10-5-1-2-6-11(10)17-15(20)12(13)14(19)16-8-9-4-3-7-21-9/h1-2,5-6,9H,3-4,7-8H2,(H,16,19)(H2,17,18,20)/t9-/m1/s1. The van der Waals surface area contributed by atoms with Gasteiger partial charge in [0.1, 0.15) is 11.3 Å². The summed E-state index contributed by atoms with van der Waals surface area (Å²) in [6, 6.07) is 6.80. The van der Waals surface area contributed by atoms with Crippen LogP contribution in [0, 0.1) is 0 Å². The zero-order valence-corrected chi connectivity index (χ0v) is 11.4. The number of H-pyrrole nitrogens is 1. The third kappa shape index (κ3) is 2.62. The maximum Gasteiger partial charge on any atom is 0.265 e. The second kappa shape index (κ2) is 5.57. The van der Waals surface area contributed by atoms with Crippen LogP contribution in [0.4, 0.5) is 0 Å². The van der Waals surface area contributed by atoms with E-state index in [1.54, 1.807) is 24.3 Å². The SMILES string of the molecule is O=C(NC[C@H]1CCCO1)c1c(O)c2ccccc2[nH]c1=O. The van der Waals surface area contributed by atoms with Crippen molar-refractivity contribution in [3.8, 4) is 5.75 Å². The van der Waals surface area contributed by atoms with Crippen molar-refractivity contribution in [2.45, 2.75) is 18.9 Å². The third-order valence-corrected chi connectivity index (χ3v) is 3.64. The molecule has 1 fully saturated rings. The van der Waals surface area contributed by atoms with Crippen molar-refractivity contribution in [1.82, 2.24) is 10.3 Å². The average molecular weight is 288 g/mol. The normalized spacial score (nSPS) is 18.0. The lowest BCUT2D eigenvalue weighted by atomic mass is 10.1. The second-order valence-corrected chi connectivity index (χ2v) is 5.07. The van der Waals surface area contributed by atoms with Crippen molar-refractivity contribution < 1.29 is 14.6 Å². The van der Waals surface area contributed by atoms with Crippen molar-refractivity contribution in [1.29, 1.82) is 0 Å². The molecule has 3 rings (SSSR count). The zero-order valence-electron chi connectivity index (χ0n) is 11.4. The number of para-hydroxylation sites is 1. The van der Waals surface area contributed by atoms with E-state index in [0.29, 0.717) is 24.1 Å². The van der Waals surface area contributed by atoms with E-state index in [0.717, 1.165) is 12.8 Å². The van der Waals surface area contributed by atoms with Crippen LogP contribution >= 0.6 is 0 Å². The number of nitrogens with one attached hydrogen (secondary N) is 2. The Bertz CT molecular complexity index is 732. The third-order valence-electron chi connectivity index (χ3n) is 3.64. The molecule has 0 bridgehead atoms. The number of carbonyl (C=O) groups is 1. The van der Waals surface area contributed by atoms with Gasteiger partial charge in [-0.2, -0.15) is 0 Å². The molecule has 0 unspecified atom stereocenters. The summed E-state index contributed by atoms with van der Waals surface area (Å²) in [5, 5.41) is 13.3. The minimum atomic E-state index is -0.601. The summed E-state index contributed by atoms with van der Waals surface area (Å²) in [5.74, 6) is -0.880. The Kier molecular flexibility index (Phi) is 3.62. The molecule has 1 aliphatic rings. The summed E-state index contributed by atoms with van der Waals surface area (Å²) in [6.07, 6.45) is 1.85. The molecule has 1 aromatic carbocycles. The first-order chi connectivity index (χ1) is 10.2. The van der Waals surface area contributed by atoms with Crippen molar-refractivity contribution in [3.05, 3.63) is 40.2 Å². The average Bonchev–Trinajstić information content (AvgIpc) is 2.98. The van der Waals surface area contributed by atoms with Crippen molar-refractivity contribution in [2.75, 3.05) is 13.2 Å². The smallest absolute Gasteiger partial charge is 0.265 e. The van der Waals surface area contributed by atoms with Crippen LogP contribution < -0.4 is 10.9 Å². The van der Waals surface area contributed by atoms with Gasteiger partial charge in [-0.15, -0.1) is 0 Å². The first kappa shape index (κ1) is 13.6. The van der Waals surface area contributed by atoms with Gasteiger partial charge in [-0.1, -0.05) is 12.1 Å². The monoisotopic (exact) mass is 288 g/mol. The molecule has 1 aliphatic heterocycles. The molecule has 0 radical (unpaired) electrons. The maximum atomic E-state index is 12.1. The Hall–Kier alpha value is -2.34. The number of carbonyl (C=O) groups excluding carboxylic acids is 1. The summed E-state index contributed by atoms with van der Waals surface area (Å²) >= 11 is 0. The van der Waals surface area contributed by atoms with E-state index >= 15 is 0 Å². The molecular weight excluding hydrogens is 272 g/mol. The minimum Gasteiger partial charge on any atom is -0.506 e. The number of amides is 1. The molecule has 0 spiro atoms. The topological polar surface area (TPSA) is 91.4 Å². The summed E-state index contributed by atoms with van der Waals surface area (Å²) < 4.78 is 5.41. The Morgan fingerprint density at radius 2 is 2.24 bits per heavy atom. The predicted octanol–water partition coefficient (Wildman–Crippen LogP) is 1.14. The molecular formula is C15H16N2O4. The van der Waals surface area contributed by atoms with E-state index in [-0.39, 0.29) is 17.4 Å². The van der Waals surface area contributed by atoms with Crippen LogP contribution in [0.3, 0.4) is 0 Å². The highest BCUT2D eigenvalue weighted by atomic mass is 16.5. The summed E-state index contributed by atoms with van der Waals surface area (Å²) in [7, 11) is 0. The number of aromatic amines is 1. The van der Waals surface area contributed by atoms with Crippen LogP contribution in [0.2, 0.25) is 0 Å². The largest absolute Gasteiger partial charge is 0.506 e. The lowest BCUT2D eigenvalue weighted by molar-refractivity contribution is 0.0854. The van der Waals surface area contributed by atoms with Gasteiger partial charge in [0.05, 0.1) is 11.6 Å². The van der Waals surface area contributed by atoms with Crippen molar-refractivity contribution >= 4 is 16.8 Å². The number of aromatic hydroxyl groups is 1. The molecule has 1 aromatic heterocycles. The van der Waals surface area contributed by atoms with Gasteiger partial charge in [-0.3, -0.25) is 9.59 Å². The van der Waals surface area contributed by atoms with Gasteiger partial charge in [-0.05, 0) is 25.0 Å². The fourth-order valence-corrected chi connectivity index (χ4v) is 2.54. The van der Waals surface area contributed by atoms with Gasteiger partial charge in [-0.25, -0.2) is 0 Å². The molecule has 110 valence electrons. The molecule has 1 saturated heterocycles. The van der Waals surface area contributed by atoms with E-state index in [1.165, 1.54) is 0 Å². The Morgan fingerprint density at radius 1 is 1.43 bits per heavy atom. The Morgan fingerprint density at radius 3 is 3.00 bits per heavy atom. The number of fused-ring (bicyclic) bond motifs is 1. The van der Waals surface area contributed by atoms with E-state index < -0.39 is 11.5 Å². The lowest BCUT2D eigenvalue weighted by Gasteiger charge is -2.11. The minimum absolute atomic E-state index is 0.0179. The number of aromatic nitrogens is 1. The Balaban J connectivity index is 1.88. The van der Waals surface area contributed by atoms with Crippen LogP contribution in [0.5, 0.6) is 5.75 Å². The second-order valence-electron chi connectivity index (χ2n) is 5.07. The molecule has 0 aliphatic carbocycles. The molecule has 1 amide bonds. The first-order valence-corrected chi connectivity index (χ1v) is 6.90. The lowest BCUT2D eigenvalue weighted by Crippen LogP contribution is -2.35. The van der Waals surface area contributed by atoms with Gasteiger partial charge < -0.3 is 20.1 Å². The summed E-state index contributed by atoms with van der Waals surface area (Å²) in [4.78, 5) is 26.7. The molecule has 21 heavy (non-hydrogen) atoms. The van der Waals surface area contributed by atoms with Gasteiger partial charge in [0, 0.05) is 18.5 Å². The van der Waals surface area contributed by atoms with E-state index in [2.05, 4.69) is 10.3 Å². The first-order valence-electron chi connectivity index (χ1n) is 6.90. The van der Waals surface area contributed by atoms with Crippen LogP contribution in [-0.4, -0.2) is 35.3 Å². The number of hydrogen-bond acceptors (Lipinski definition) is 4. The summed E-state index contributed by atoms with van der Waals surface area (Å²) in [6.45, 7) is 1.03. The van der Waals surface area contributed by atoms with E-state index in [9.17, 15) is 14.7 Å². The summed E-state index contributed by atoms with van der Waals surface area (Å²) in [5.41, 5.74) is -0.363. The molecule has 3 N–H and O–H groups in total. The number of ether oxygens (including phenoxy) is 1. The van der Waals surface area contributed by atoms with Crippen LogP contribution in [0.1, 0.15) is 23.2 Å². The van der Waals surface area contributed by atoms with E-state index in [1.807, 2.05) is 0 Å². The number of hydrogen-bond donors (Lipinski definition) is 3. The highest BCUT2D eigenvalue weighted by Gasteiger charge is 2.21. The molecule has 2 heterocycles. The highest BCUT2D eigenvalue weighted by molar-refractivity contribution is 6.02. The maximum absolute atomic E-state index is 12.1. The van der Waals surface area contributed by atoms with E-state index in [4.69, 9.17) is 4.74 Å². The van der Waals surface area contributed by atoms with Crippen LogP contribution in [-0.2, 0) is 4.74 Å². The molecule has 1 atom stereocenters. The number of pyridine rings is 1. The Labute approximate surface area is 120 Å². The fraction of sp³-hybridized carbons (Fsp3) is 0.333. The van der Waals surface area contributed by atoms with Crippen LogP contribution in [0.15, 0.2) is 29.1 Å². The number of benzene rings is 1. The molecule has 6 nitrogen and oxygen atoms in total. The van der Waals surface area contributed by atoms with Crippen molar-refractivity contribution in [3.63, 3.8) is 0 Å². The molecule has 6 heteroatoms. The quantitative estimate of drug-likeness (QED) is 0.790. The van der Waals surface area contributed by atoms with Crippen molar-refractivity contribution in [2.24, 2.45) is 0 Å². The van der Waals surface area contributed by atoms with Gasteiger partial charge >= 0.3 is 0 Å². The number of rotatable bonds is 3. The van der Waals surface area contributed by atoms with Gasteiger partial charge in [0.15, 0.2) is 0 Å². The molecule has 2 aromatic rings. The van der Waals surface area contributed by atoms with Gasteiger partial charge in [0.25, 0.3) is 11.5 Å². The predicted molar refractivity (Wildman–Crippen MR) is 77.5 cm³/mol. The highest BCUT2D eigenvalue weighted by Crippen LogP contribution is 2.24. The zero-order chi connectivity index (χ0) is 14.8. The molecule has 0 saturated carbocycles. The van der Waals surface area contributed by atoms with Crippen LogP contribution in [0.25, 0.3) is 10.9 Å².